The molecule has 2 aliphatic rings. The van der Waals surface area contributed by atoms with Gasteiger partial charge in [0.15, 0.2) is 9.84 Å². The number of thiophene rings is 1. The van der Waals surface area contributed by atoms with Crippen molar-refractivity contribution in [2.75, 3.05) is 23.7 Å². The van der Waals surface area contributed by atoms with Gasteiger partial charge in [-0.2, -0.15) is 0 Å². The molecule has 2 aromatic carbocycles. The van der Waals surface area contributed by atoms with Crippen LogP contribution in [0.4, 0.5) is 5.69 Å². The molecule has 0 atom stereocenters. The van der Waals surface area contributed by atoms with Gasteiger partial charge in [0.2, 0.25) is 0 Å². The number of rotatable bonds is 5. The third-order valence-corrected chi connectivity index (χ3v) is 9.28. The number of carbonyl (C=O) groups excluding carboxylic acids is 1. The maximum absolute atomic E-state index is 12.9. The number of sulfone groups is 1. The Balaban J connectivity index is 1.20. The van der Waals surface area contributed by atoms with E-state index in [-0.39, 0.29) is 17.7 Å². The summed E-state index contributed by atoms with van der Waals surface area (Å²) in [7, 11) is -3.19. The lowest BCUT2D eigenvalue weighted by Crippen LogP contribution is -2.44. The van der Waals surface area contributed by atoms with Gasteiger partial charge in [-0.25, -0.2) is 8.42 Å². The van der Waals surface area contributed by atoms with E-state index in [1.165, 1.54) is 11.3 Å². The first-order chi connectivity index (χ1) is 15.9. The van der Waals surface area contributed by atoms with E-state index in [0.29, 0.717) is 11.5 Å². The monoisotopic (exact) mass is 482 g/mol. The molecule has 0 aliphatic carbocycles. The zero-order chi connectivity index (χ0) is 23.0. The van der Waals surface area contributed by atoms with E-state index in [4.69, 9.17) is 4.74 Å². The fourth-order valence-electron chi connectivity index (χ4n) is 4.38. The van der Waals surface area contributed by atoms with Gasteiger partial charge >= 0.3 is 0 Å². The van der Waals surface area contributed by atoms with E-state index in [1.807, 2.05) is 42.5 Å². The van der Waals surface area contributed by atoms with Crippen molar-refractivity contribution in [1.82, 2.24) is 5.32 Å². The smallest absolute Gasteiger partial charge is 0.261 e. The third-order valence-electron chi connectivity index (χ3n) is 6.32. The number of nitrogens with one attached hydrogen (secondary N) is 1. The van der Waals surface area contributed by atoms with Crippen LogP contribution in [0.5, 0.6) is 5.75 Å². The summed E-state index contributed by atoms with van der Waals surface area (Å²) in [5, 5.41) is 3.20. The Morgan fingerprint density at radius 2 is 1.85 bits per heavy atom. The largest absolute Gasteiger partial charge is 0.488 e. The average molecular weight is 483 g/mol. The number of para-hydroxylation sites is 1. The lowest BCUT2D eigenvalue weighted by Gasteiger charge is -2.34. The standard InChI is InChI=1S/C25H26N2O4S2/c1-2-33(29,30)20-9-7-19(8-10-20)27-13-11-18(12-14-27)26-25(28)23-15-17-16-31-22-6-4-3-5-21(22)24(17)32-23/h3-10,15,18H,2,11-14,16H2,1H3,(H,26,28). The lowest BCUT2D eigenvalue weighted by atomic mass is 10.0. The first kappa shape index (κ1) is 22.0. The summed E-state index contributed by atoms with van der Waals surface area (Å²) in [6, 6.07) is 17.1. The minimum Gasteiger partial charge on any atom is -0.488 e. The van der Waals surface area contributed by atoms with Crippen LogP contribution in [0, 0.1) is 0 Å². The predicted octanol–water partition coefficient (Wildman–Crippen LogP) is 4.50. The van der Waals surface area contributed by atoms with Crippen LogP contribution >= 0.6 is 11.3 Å². The lowest BCUT2D eigenvalue weighted by molar-refractivity contribution is 0.0935. The summed E-state index contributed by atoms with van der Waals surface area (Å²) in [5.74, 6) is 0.940. The van der Waals surface area contributed by atoms with Crippen LogP contribution in [-0.2, 0) is 16.4 Å². The Hall–Kier alpha value is -2.84. The molecule has 3 heterocycles. The van der Waals surface area contributed by atoms with Crippen LogP contribution in [-0.4, -0.2) is 39.2 Å². The van der Waals surface area contributed by atoms with Gasteiger partial charge in [0.25, 0.3) is 5.91 Å². The van der Waals surface area contributed by atoms with Gasteiger partial charge in [-0.05, 0) is 55.3 Å². The van der Waals surface area contributed by atoms with E-state index in [2.05, 4.69) is 10.2 Å². The first-order valence-electron chi connectivity index (χ1n) is 11.2. The summed E-state index contributed by atoms with van der Waals surface area (Å²) < 4.78 is 29.8. The number of hydrogen-bond donors (Lipinski definition) is 1. The molecular formula is C25H26N2O4S2. The predicted molar refractivity (Wildman–Crippen MR) is 131 cm³/mol. The molecule has 0 radical (unpaired) electrons. The number of hydrogen-bond acceptors (Lipinski definition) is 6. The molecule has 1 fully saturated rings. The van der Waals surface area contributed by atoms with E-state index >= 15 is 0 Å². The molecule has 3 aromatic rings. The number of carbonyl (C=O) groups is 1. The minimum atomic E-state index is -3.19. The highest BCUT2D eigenvalue weighted by Crippen LogP contribution is 2.42. The highest BCUT2D eigenvalue weighted by atomic mass is 32.2. The molecule has 0 unspecified atom stereocenters. The van der Waals surface area contributed by atoms with Crippen LogP contribution in [0.25, 0.3) is 10.4 Å². The van der Waals surface area contributed by atoms with Crippen LogP contribution in [0.3, 0.4) is 0 Å². The fraction of sp³-hybridized carbons (Fsp3) is 0.320. The van der Waals surface area contributed by atoms with Crippen LogP contribution in [0.2, 0.25) is 0 Å². The highest BCUT2D eigenvalue weighted by molar-refractivity contribution is 7.91. The number of piperidine rings is 1. The number of benzene rings is 2. The maximum Gasteiger partial charge on any atom is 0.261 e. The van der Waals surface area contributed by atoms with Crippen LogP contribution in [0.1, 0.15) is 35.0 Å². The zero-order valence-electron chi connectivity index (χ0n) is 18.4. The van der Waals surface area contributed by atoms with Crippen LogP contribution in [0.15, 0.2) is 59.5 Å². The molecule has 1 amide bonds. The van der Waals surface area contributed by atoms with Crippen molar-refractivity contribution in [3.63, 3.8) is 0 Å². The number of anilines is 1. The molecule has 0 spiro atoms. The van der Waals surface area contributed by atoms with Crippen molar-refractivity contribution in [1.29, 1.82) is 0 Å². The van der Waals surface area contributed by atoms with Crippen molar-refractivity contribution in [3.05, 3.63) is 65.0 Å². The minimum absolute atomic E-state index is 0.0283. The van der Waals surface area contributed by atoms with Crippen LogP contribution < -0.4 is 15.0 Å². The van der Waals surface area contributed by atoms with E-state index < -0.39 is 9.84 Å². The second-order valence-electron chi connectivity index (χ2n) is 8.38. The first-order valence-corrected chi connectivity index (χ1v) is 13.6. The quantitative estimate of drug-likeness (QED) is 0.580. The van der Waals surface area contributed by atoms with E-state index in [1.54, 1.807) is 19.1 Å². The van der Waals surface area contributed by atoms with Crippen molar-refractivity contribution in [2.45, 2.75) is 37.3 Å². The molecule has 33 heavy (non-hydrogen) atoms. The van der Waals surface area contributed by atoms with Gasteiger partial charge in [0, 0.05) is 40.8 Å². The highest BCUT2D eigenvalue weighted by Gasteiger charge is 2.25. The van der Waals surface area contributed by atoms with Gasteiger partial charge < -0.3 is 15.0 Å². The fourth-order valence-corrected chi connectivity index (χ4v) is 6.37. The van der Waals surface area contributed by atoms with E-state index in [9.17, 15) is 13.2 Å². The number of ether oxygens (including phenoxy) is 1. The summed E-state index contributed by atoms with van der Waals surface area (Å²) in [5.41, 5.74) is 3.13. The molecule has 0 saturated carbocycles. The molecule has 1 saturated heterocycles. The Morgan fingerprint density at radius 1 is 1.12 bits per heavy atom. The second kappa shape index (κ2) is 8.83. The maximum atomic E-state index is 12.9. The number of amides is 1. The number of fused-ring (bicyclic) bond motifs is 3. The Bertz CT molecular complexity index is 1270. The number of nitrogens with zero attached hydrogens (tertiary/aromatic N) is 1. The summed E-state index contributed by atoms with van der Waals surface area (Å²) >= 11 is 1.53. The summed E-state index contributed by atoms with van der Waals surface area (Å²) in [6.07, 6.45) is 1.69. The van der Waals surface area contributed by atoms with Crippen molar-refractivity contribution >= 4 is 32.8 Å². The SMILES string of the molecule is CCS(=O)(=O)c1ccc(N2CCC(NC(=O)c3cc4c(s3)-c3ccccc3OC4)CC2)cc1. The Labute approximate surface area is 198 Å². The molecule has 1 aromatic heterocycles. The third kappa shape index (κ3) is 4.37. The molecule has 8 heteroatoms. The zero-order valence-corrected chi connectivity index (χ0v) is 20.0. The molecular weight excluding hydrogens is 456 g/mol. The van der Waals surface area contributed by atoms with Gasteiger partial charge in [-0.1, -0.05) is 19.1 Å². The van der Waals surface area contributed by atoms with Crippen molar-refractivity contribution in [2.24, 2.45) is 0 Å². The summed E-state index contributed by atoms with van der Waals surface area (Å²) in [6.45, 7) is 3.77. The van der Waals surface area contributed by atoms with Gasteiger partial charge in [0.05, 0.1) is 15.5 Å². The Morgan fingerprint density at radius 3 is 2.58 bits per heavy atom. The van der Waals surface area contributed by atoms with E-state index in [0.717, 1.165) is 58.2 Å². The molecule has 2 aliphatic heterocycles. The molecule has 172 valence electrons. The molecule has 6 nitrogen and oxygen atoms in total. The topological polar surface area (TPSA) is 75.7 Å². The van der Waals surface area contributed by atoms with Gasteiger partial charge in [-0.15, -0.1) is 11.3 Å². The normalized spacial score (nSPS) is 16.0. The molecule has 1 N–H and O–H groups in total. The van der Waals surface area contributed by atoms with Crippen molar-refractivity contribution < 1.29 is 17.9 Å². The van der Waals surface area contributed by atoms with Crippen molar-refractivity contribution in [3.8, 4) is 16.2 Å². The average Bonchev–Trinajstić information content (AvgIpc) is 3.30. The van der Waals surface area contributed by atoms with Gasteiger partial charge in [-0.3, -0.25) is 4.79 Å². The summed E-state index contributed by atoms with van der Waals surface area (Å²) in [4.78, 5) is 17.4. The van der Waals surface area contributed by atoms with Gasteiger partial charge in [0.1, 0.15) is 12.4 Å². The molecule has 5 rings (SSSR count). The Kier molecular flexibility index (Phi) is 5.88. The second-order valence-corrected chi connectivity index (χ2v) is 11.7. The molecule has 0 bridgehead atoms.